The lowest BCUT2D eigenvalue weighted by atomic mass is 9.80. The molecule has 6 amide bonds. The molecule has 7 N–H and O–H groups in total. The Hall–Kier alpha value is -4.86. The molecule has 4 rings (SSSR count). The Balaban J connectivity index is 1.50. The van der Waals surface area contributed by atoms with Crippen LogP contribution in [0.5, 0.6) is 0 Å². The Labute approximate surface area is 340 Å². The van der Waals surface area contributed by atoms with Gasteiger partial charge in [-0.25, -0.2) is 0 Å². The molecule has 5 atom stereocenters. The number of carbonyl (C=O) groups excluding carboxylic acids is 7. The van der Waals surface area contributed by atoms with Crippen LogP contribution in [0.3, 0.4) is 0 Å². The predicted molar refractivity (Wildman–Crippen MR) is 212 cm³/mol. The van der Waals surface area contributed by atoms with Crippen LogP contribution in [-0.4, -0.2) is 100 Å². The first-order chi connectivity index (χ1) is 27.3. The topological polar surface area (TPSA) is 243 Å². The van der Waals surface area contributed by atoms with Crippen LogP contribution in [0, 0.1) is 23.7 Å². The Kier molecular flexibility index (Phi) is 16.4. The van der Waals surface area contributed by atoms with E-state index >= 15 is 0 Å². The van der Waals surface area contributed by atoms with Gasteiger partial charge in [-0.15, -0.1) is 0 Å². The Morgan fingerprint density at radius 3 is 2.03 bits per heavy atom. The number of hydrogen-bond donors (Lipinski definition) is 6. The molecule has 0 radical (unpaired) electrons. The maximum atomic E-state index is 14.7. The number of hydrogen-bond acceptors (Lipinski definition) is 9. The maximum Gasteiger partial charge on any atom is 0.306 e. The van der Waals surface area contributed by atoms with Gasteiger partial charge in [0.25, 0.3) is 5.91 Å². The highest BCUT2D eigenvalue weighted by Crippen LogP contribution is 2.33. The van der Waals surface area contributed by atoms with E-state index in [1.807, 2.05) is 34.6 Å². The van der Waals surface area contributed by atoms with Crippen molar-refractivity contribution in [2.24, 2.45) is 29.4 Å². The first-order valence-electron chi connectivity index (χ1n) is 20.6. The molecule has 3 aliphatic rings. The van der Waals surface area contributed by atoms with E-state index in [1.54, 1.807) is 30.3 Å². The van der Waals surface area contributed by atoms with Crippen LogP contribution >= 0.6 is 0 Å². The summed E-state index contributed by atoms with van der Waals surface area (Å²) in [6.45, 7) is 8.64. The number of carboxylic acids is 1. The third-order valence-electron chi connectivity index (χ3n) is 11.2. The highest BCUT2D eigenvalue weighted by atomic mass is 16.5. The monoisotopic (exact) mass is 810 g/mol. The van der Waals surface area contributed by atoms with Crippen molar-refractivity contribution in [3.63, 3.8) is 0 Å². The highest BCUT2D eigenvalue weighted by Gasteiger charge is 2.46. The number of ether oxygens (including phenoxy) is 1. The number of nitrogens with one attached hydrogen (secondary N) is 4. The number of Topliss-reactive ketones (excluding diaryl/α,β-unsaturated/α-hetero) is 1. The van der Waals surface area contributed by atoms with Crippen molar-refractivity contribution in [3.8, 4) is 0 Å². The van der Waals surface area contributed by atoms with E-state index in [9.17, 15) is 43.5 Å². The second kappa shape index (κ2) is 20.7. The molecule has 0 spiro atoms. The van der Waals surface area contributed by atoms with Gasteiger partial charge in [-0.3, -0.25) is 38.4 Å². The molecule has 0 bridgehead atoms. The molecule has 16 heteroatoms. The number of amides is 6. The SMILES string of the molecule is CC(C)CC(NC(=O)C1CC(OC(C)(C)C)CN1C(=O)C(NC(=O)C1CCC(C(=O)O)CC1)C1CCCCC1)C(=O)C(=O)NCC(=O)NC(C(N)=O)c1ccccc1. The van der Waals surface area contributed by atoms with Crippen molar-refractivity contribution in [2.75, 3.05) is 13.1 Å². The third kappa shape index (κ3) is 13.1. The van der Waals surface area contributed by atoms with Crippen LogP contribution in [0.2, 0.25) is 0 Å². The summed E-state index contributed by atoms with van der Waals surface area (Å²) in [6, 6.07) is 3.82. The number of likely N-dealkylation sites (tertiary alicyclic amines) is 1. The zero-order valence-corrected chi connectivity index (χ0v) is 34.4. The van der Waals surface area contributed by atoms with Crippen molar-refractivity contribution >= 4 is 47.2 Å². The van der Waals surface area contributed by atoms with Crippen LogP contribution in [0.25, 0.3) is 0 Å². The minimum absolute atomic E-state index is 0.0602. The molecule has 58 heavy (non-hydrogen) atoms. The summed E-state index contributed by atoms with van der Waals surface area (Å²) in [4.78, 5) is 107. The second-order valence-corrected chi connectivity index (χ2v) is 17.4. The molecule has 1 aromatic carbocycles. The number of ketones is 1. The fraction of sp³-hybridized carbons (Fsp3) is 0.667. The molecule has 1 saturated heterocycles. The number of carboxylic acid groups (broad SMARTS) is 1. The van der Waals surface area contributed by atoms with Crippen molar-refractivity contribution < 1.29 is 48.2 Å². The minimum Gasteiger partial charge on any atom is -0.481 e. The van der Waals surface area contributed by atoms with Crippen molar-refractivity contribution in [1.29, 1.82) is 0 Å². The molecular weight excluding hydrogens is 748 g/mol. The van der Waals surface area contributed by atoms with Crippen LogP contribution in [-0.2, 0) is 43.1 Å². The summed E-state index contributed by atoms with van der Waals surface area (Å²) in [5.74, 6) is -7.22. The Morgan fingerprint density at radius 1 is 0.845 bits per heavy atom. The van der Waals surface area contributed by atoms with Gasteiger partial charge in [0, 0.05) is 18.9 Å². The fourth-order valence-electron chi connectivity index (χ4n) is 8.33. The second-order valence-electron chi connectivity index (χ2n) is 17.4. The molecule has 5 unspecified atom stereocenters. The summed E-state index contributed by atoms with van der Waals surface area (Å²) in [5, 5.41) is 19.9. The first-order valence-corrected chi connectivity index (χ1v) is 20.6. The van der Waals surface area contributed by atoms with Crippen molar-refractivity contribution in [1.82, 2.24) is 26.2 Å². The summed E-state index contributed by atoms with van der Waals surface area (Å²) in [7, 11) is 0. The lowest BCUT2D eigenvalue weighted by molar-refractivity contribution is -0.146. The minimum atomic E-state index is -1.30. The van der Waals surface area contributed by atoms with E-state index in [2.05, 4.69) is 21.3 Å². The van der Waals surface area contributed by atoms with Gasteiger partial charge >= 0.3 is 5.97 Å². The number of nitrogens with two attached hydrogens (primary N) is 1. The standard InChI is InChI=1S/C42H62N6O10/c1-24(2)20-30(35(50)39(54)44-22-32(49)46-33(36(43)51)25-12-8-6-9-13-25)45-38(53)31-21-29(58-42(3,4)5)23-48(31)40(55)34(26-14-10-7-11-15-26)47-37(52)27-16-18-28(19-17-27)41(56)57/h6,8-9,12-13,24,26-31,33-34H,7,10-11,14-23H2,1-5H3,(H2,43,51)(H,44,54)(H,45,53)(H,46,49)(H,47,52)(H,56,57). The van der Waals surface area contributed by atoms with E-state index in [4.69, 9.17) is 10.5 Å². The van der Waals surface area contributed by atoms with Gasteiger partial charge < -0.3 is 41.7 Å². The largest absolute Gasteiger partial charge is 0.481 e. The molecule has 2 saturated carbocycles. The normalized spacial score (nSPS) is 22.9. The van der Waals surface area contributed by atoms with Gasteiger partial charge in [0.15, 0.2) is 0 Å². The molecule has 3 fully saturated rings. The quantitative estimate of drug-likeness (QED) is 0.125. The number of carbonyl (C=O) groups is 8. The lowest BCUT2D eigenvalue weighted by Gasteiger charge is -2.36. The van der Waals surface area contributed by atoms with Crippen LogP contribution in [0.15, 0.2) is 30.3 Å². The zero-order chi connectivity index (χ0) is 42.7. The number of nitrogens with zero attached hydrogens (tertiary/aromatic N) is 1. The van der Waals surface area contributed by atoms with Crippen molar-refractivity contribution in [2.45, 2.75) is 141 Å². The molecule has 0 aromatic heterocycles. The third-order valence-corrected chi connectivity index (χ3v) is 11.2. The Morgan fingerprint density at radius 2 is 1.47 bits per heavy atom. The number of aliphatic carboxylic acids is 1. The molecule has 1 aromatic rings. The summed E-state index contributed by atoms with van der Waals surface area (Å²) in [6.07, 6.45) is 5.39. The molecule has 320 valence electrons. The smallest absolute Gasteiger partial charge is 0.306 e. The highest BCUT2D eigenvalue weighted by molar-refractivity contribution is 6.38. The van der Waals surface area contributed by atoms with Gasteiger partial charge in [0.1, 0.15) is 18.1 Å². The van der Waals surface area contributed by atoms with E-state index in [1.165, 1.54) is 4.90 Å². The average Bonchev–Trinajstić information content (AvgIpc) is 3.60. The molecular formula is C42H62N6O10. The first kappa shape index (κ1) is 45.8. The number of benzene rings is 1. The van der Waals surface area contributed by atoms with Crippen molar-refractivity contribution in [3.05, 3.63) is 35.9 Å². The van der Waals surface area contributed by atoms with Gasteiger partial charge in [-0.1, -0.05) is 63.4 Å². The van der Waals surface area contributed by atoms with E-state index in [0.29, 0.717) is 44.1 Å². The average molecular weight is 811 g/mol. The van der Waals surface area contributed by atoms with E-state index in [-0.39, 0.29) is 37.1 Å². The zero-order valence-electron chi connectivity index (χ0n) is 34.4. The van der Waals surface area contributed by atoms with Crippen LogP contribution in [0.4, 0.5) is 0 Å². The predicted octanol–water partition coefficient (Wildman–Crippen LogP) is 2.29. The van der Waals surface area contributed by atoms with Gasteiger partial charge in [-0.05, 0) is 83.1 Å². The van der Waals surface area contributed by atoms with Gasteiger partial charge in [-0.2, -0.15) is 0 Å². The fourth-order valence-corrected chi connectivity index (χ4v) is 8.33. The summed E-state index contributed by atoms with van der Waals surface area (Å²) < 4.78 is 6.26. The summed E-state index contributed by atoms with van der Waals surface area (Å²) in [5.41, 5.74) is 5.31. The molecule has 1 heterocycles. The summed E-state index contributed by atoms with van der Waals surface area (Å²) >= 11 is 0. The van der Waals surface area contributed by atoms with E-state index in [0.717, 1.165) is 19.3 Å². The molecule has 1 aliphatic heterocycles. The van der Waals surface area contributed by atoms with Gasteiger partial charge in [0.05, 0.1) is 30.2 Å². The van der Waals surface area contributed by atoms with Crippen LogP contribution in [0.1, 0.15) is 117 Å². The number of rotatable bonds is 17. The number of primary amides is 1. The van der Waals surface area contributed by atoms with E-state index < -0.39 is 95.5 Å². The Bertz CT molecular complexity index is 1650. The molecule has 16 nitrogen and oxygen atoms in total. The lowest BCUT2D eigenvalue weighted by Crippen LogP contribution is -2.58. The molecule has 2 aliphatic carbocycles. The van der Waals surface area contributed by atoms with Crippen LogP contribution < -0.4 is 27.0 Å². The van der Waals surface area contributed by atoms with Gasteiger partial charge in [0.2, 0.25) is 35.3 Å². The maximum absolute atomic E-state index is 14.7.